The molecule has 2 amide bonds. The predicted molar refractivity (Wildman–Crippen MR) is 114 cm³/mol. The van der Waals surface area contributed by atoms with Crippen LogP contribution in [0.15, 0.2) is 75.1 Å². The number of nitrogens with zero attached hydrogens (tertiary/aromatic N) is 1. The van der Waals surface area contributed by atoms with Gasteiger partial charge in [0.2, 0.25) is 0 Å². The second-order valence-corrected chi connectivity index (χ2v) is 10.2. The van der Waals surface area contributed by atoms with Crippen molar-refractivity contribution in [3.8, 4) is 0 Å². The second-order valence-electron chi connectivity index (χ2n) is 6.22. The van der Waals surface area contributed by atoms with E-state index in [2.05, 4.69) is 4.72 Å². The Morgan fingerprint density at radius 3 is 2.14 bits per heavy atom. The maximum Gasteiger partial charge on any atom is 0.271 e. The fourth-order valence-corrected chi connectivity index (χ4v) is 5.83. The van der Waals surface area contributed by atoms with E-state index in [1.807, 2.05) is 0 Å². The van der Waals surface area contributed by atoms with E-state index < -0.39 is 10.0 Å². The molecule has 1 N–H and O–H groups in total. The first-order valence-electron chi connectivity index (χ1n) is 8.70. The number of nitrogens with one attached hydrogen (secondary N) is 1. The van der Waals surface area contributed by atoms with Gasteiger partial charge in [-0.2, -0.15) is 0 Å². The lowest BCUT2D eigenvalue weighted by Gasteiger charge is -2.13. The molecule has 1 aliphatic rings. The number of hydrogen-bond donors (Lipinski definition) is 1. The van der Waals surface area contributed by atoms with Crippen LogP contribution in [-0.4, -0.2) is 37.4 Å². The van der Waals surface area contributed by atoms with Crippen molar-refractivity contribution in [2.75, 3.05) is 17.0 Å². The molecule has 9 heteroatoms. The van der Waals surface area contributed by atoms with Crippen molar-refractivity contribution in [1.29, 1.82) is 0 Å². The van der Waals surface area contributed by atoms with E-state index in [1.165, 1.54) is 16.7 Å². The lowest BCUT2D eigenvalue weighted by Crippen LogP contribution is -2.31. The van der Waals surface area contributed by atoms with Crippen molar-refractivity contribution in [2.24, 2.45) is 0 Å². The number of sulfonamides is 1. The Kier molecular flexibility index (Phi) is 5.44. The van der Waals surface area contributed by atoms with Gasteiger partial charge >= 0.3 is 0 Å². The average molecular weight is 445 g/mol. The van der Waals surface area contributed by atoms with Crippen LogP contribution in [0, 0.1) is 0 Å². The van der Waals surface area contributed by atoms with Crippen molar-refractivity contribution < 1.29 is 18.0 Å². The van der Waals surface area contributed by atoms with Crippen LogP contribution in [0.3, 0.4) is 0 Å². The zero-order valence-electron chi connectivity index (χ0n) is 15.1. The van der Waals surface area contributed by atoms with E-state index in [-0.39, 0.29) is 16.0 Å². The van der Waals surface area contributed by atoms with Gasteiger partial charge in [0, 0.05) is 22.9 Å². The number of carbonyl (C=O) groups is 2. The number of thioether (sulfide) groups is 1. The Balaban J connectivity index is 1.34. The highest BCUT2D eigenvalue weighted by Gasteiger charge is 2.34. The molecule has 29 heavy (non-hydrogen) atoms. The number of rotatable bonds is 7. The summed E-state index contributed by atoms with van der Waals surface area (Å²) in [6.07, 6.45) is 0. The SMILES string of the molecule is O=C1c2ccccc2C(=O)N1CCSc1ccc(NS(=O)(=O)c2cccs2)cc1. The van der Waals surface area contributed by atoms with Crippen LogP contribution in [0.1, 0.15) is 20.7 Å². The smallest absolute Gasteiger partial charge is 0.271 e. The third-order valence-electron chi connectivity index (χ3n) is 4.33. The largest absolute Gasteiger partial charge is 0.279 e. The van der Waals surface area contributed by atoms with Crippen LogP contribution in [0.4, 0.5) is 5.69 Å². The molecule has 0 unspecified atom stereocenters. The Morgan fingerprint density at radius 1 is 0.897 bits per heavy atom. The highest BCUT2D eigenvalue weighted by Crippen LogP contribution is 2.26. The summed E-state index contributed by atoms with van der Waals surface area (Å²) in [6, 6.07) is 17.1. The van der Waals surface area contributed by atoms with Crippen LogP contribution in [0.5, 0.6) is 0 Å². The summed E-state index contributed by atoms with van der Waals surface area (Å²) in [5.41, 5.74) is 1.37. The Bertz CT molecular complexity index is 1120. The summed E-state index contributed by atoms with van der Waals surface area (Å²) in [4.78, 5) is 26.9. The van der Waals surface area contributed by atoms with Gasteiger partial charge in [-0.1, -0.05) is 18.2 Å². The van der Waals surface area contributed by atoms with E-state index in [1.54, 1.807) is 66.0 Å². The summed E-state index contributed by atoms with van der Waals surface area (Å²) in [7, 11) is -3.57. The lowest BCUT2D eigenvalue weighted by atomic mass is 10.1. The summed E-state index contributed by atoms with van der Waals surface area (Å²) in [5, 5.41) is 1.71. The van der Waals surface area contributed by atoms with E-state index in [4.69, 9.17) is 0 Å². The third-order valence-corrected chi connectivity index (χ3v) is 8.10. The first kappa shape index (κ1) is 19.7. The highest BCUT2D eigenvalue weighted by atomic mass is 32.2. The molecule has 4 rings (SSSR count). The van der Waals surface area contributed by atoms with Gasteiger partial charge < -0.3 is 0 Å². The van der Waals surface area contributed by atoms with E-state index in [0.29, 0.717) is 29.1 Å². The summed E-state index contributed by atoms with van der Waals surface area (Å²) in [5.74, 6) is 0.0280. The monoisotopic (exact) mass is 444 g/mol. The molecule has 1 aliphatic heterocycles. The lowest BCUT2D eigenvalue weighted by molar-refractivity contribution is 0.0664. The van der Waals surface area contributed by atoms with Crippen molar-refractivity contribution in [2.45, 2.75) is 9.10 Å². The number of carbonyl (C=O) groups excluding carboxylic acids is 2. The van der Waals surface area contributed by atoms with Crippen molar-refractivity contribution in [3.63, 3.8) is 0 Å². The Labute approximate surface area is 176 Å². The van der Waals surface area contributed by atoms with Gasteiger partial charge in [-0.05, 0) is 47.8 Å². The molecule has 6 nitrogen and oxygen atoms in total. The molecular weight excluding hydrogens is 428 g/mol. The Morgan fingerprint density at radius 2 is 1.55 bits per heavy atom. The molecule has 0 bridgehead atoms. The topological polar surface area (TPSA) is 83.6 Å². The van der Waals surface area contributed by atoms with Crippen molar-refractivity contribution in [3.05, 3.63) is 77.2 Å². The average Bonchev–Trinajstić information content (AvgIpc) is 3.34. The molecule has 0 spiro atoms. The standard InChI is InChI=1S/C20H16N2O4S3/c23-19-16-4-1-2-5-17(16)20(24)22(19)11-13-27-15-9-7-14(8-10-15)21-29(25,26)18-6-3-12-28-18/h1-10,12,21H,11,13H2. The van der Waals surface area contributed by atoms with Crippen LogP contribution in [0.25, 0.3) is 0 Å². The second kappa shape index (κ2) is 8.02. The van der Waals surface area contributed by atoms with Gasteiger partial charge in [0.1, 0.15) is 4.21 Å². The number of anilines is 1. The van der Waals surface area contributed by atoms with E-state index in [9.17, 15) is 18.0 Å². The minimum atomic E-state index is -3.57. The van der Waals surface area contributed by atoms with Crippen LogP contribution >= 0.6 is 23.1 Å². The number of amides is 2. The van der Waals surface area contributed by atoms with Gasteiger partial charge in [-0.15, -0.1) is 23.1 Å². The first-order chi connectivity index (χ1) is 14.0. The van der Waals surface area contributed by atoms with Gasteiger partial charge in [0.25, 0.3) is 21.8 Å². The third kappa shape index (κ3) is 4.07. The van der Waals surface area contributed by atoms with Crippen LogP contribution in [-0.2, 0) is 10.0 Å². The minimum absolute atomic E-state index is 0.260. The van der Waals surface area contributed by atoms with Gasteiger partial charge in [0.05, 0.1) is 11.1 Å². The molecule has 0 saturated heterocycles. The normalized spacial score (nSPS) is 13.6. The van der Waals surface area contributed by atoms with Crippen molar-refractivity contribution >= 4 is 50.6 Å². The number of fused-ring (bicyclic) bond motifs is 1. The predicted octanol–water partition coefficient (Wildman–Crippen LogP) is 3.94. The van der Waals surface area contributed by atoms with Crippen LogP contribution in [0.2, 0.25) is 0 Å². The zero-order chi connectivity index (χ0) is 20.4. The molecular formula is C20H16N2O4S3. The molecule has 0 fully saturated rings. The molecule has 2 aromatic carbocycles. The highest BCUT2D eigenvalue weighted by molar-refractivity contribution is 7.99. The van der Waals surface area contributed by atoms with E-state index in [0.717, 1.165) is 16.2 Å². The Hall–Kier alpha value is -2.62. The molecule has 2 heterocycles. The summed E-state index contributed by atoms with van der Waals surface area (Å²) < 4.78 is 27.3. The van der Waals surface area contributed by atoms with Gasteiger partial charge in [-0.3, -0.25) is 19.2 Å². The van der Waals surface area contributed by atoms with E-state index >= 15 is 0 Å². The minimum Gasteiger partial charge on any atom is -0.279 e. The summed E-state index contributed by atoms with van der Waals surface area (Å²) >= 11 is 2.65. The van der Waals surface area contributed by atoms with Crippen molar-refractivity contribution in [1.82, 2.24) is 4.90 Å². The number of benzene rings is 2. The zero-order valence-corrected chi connectivity index (χ0v) is 17.5. The molecule has 0 atom stereocenters. The molecule has 0 aliphatic carbocycles. The molecule has 0 radical (unpaired) electrons. The number of imide groups is 1. The first-order valence-corrected chi connectivity index (χ1v) is 12.0. The molecule has 0 saturated carbocycles. The molecule has 3 aromatic rings. The number of hydrogen-bond acceptors (Lipinski definition) is 6. The quantitative estimate of drug-likeness (QED) is 0.441. The summed E-state index contributed by atoms with van der Waals surface area (Å²) in [6.45, 7) is 0.309. The van der Waals surface area contributed by atoms with Gasteiger partial charge in [0.15, 0.2) is 0 Å². The molecule has 148 valence electrons. The number of thiophene rings is 1. The maximum atomic E-state index is 12.4. The maximum absolute atomic E-state index is 12.4. The molecule has 1 aromatic heterocycles. The van der Waals surface area contributed by atoms with Gasteiger partial charge in [-0.25, -0.2) is 8.42 Å². The van der Waals surface area contributed by atoms with Crippen LogP contribution < -0.4 is 4.72 Å². The fourth-order valence-electron chi connectivity index (χ4n) is 2.94. The fraction of sp³-hybridized carbons (Fsp3) is 0.100.